The molecule has 5 rings (SSSR count). The average molecular weight is 497 g/mol. The number of anilines is 1. The van der Waals surface area contributed by atoms with Crippen LogP contribution < -0.4 is 5.32 Å². The van der Waals surface area contributed by atoms with E-state index < -0.39 is 17.6 Å². The topological polar surface area (TPSA) is 80.0 Å². The van der Waals surface area contributed by atoms with Crippen molar-refractivity contribution in [1.29, 1.82) is 0 Å². The van der Waals surface area contributed by atoms with Crippen molar-refractivity contribution in [1.82, 2.24) is 14.5 Å². The number of nitrogens with zero attached hydrogens (tertiary/aromatic N) is 3. The normalized spacial score (nSPS) is 11.9. The van der Waals surface area contributed by atoms with E-state index in [4.69, 9.17) is 0 Å². The summed E-state index contributed by atoms with van der Waals surface area (Å²) in [5.74, 6) is -0.485. The maximum atomic E-state index is 13.3. The van der Waals surface area contributed by atoms with Crippen molar-refractivity contribution in [2.45, 2.75) is 26.3 Å². The highest BCUT2D eigenvalue weighted by atomic mass is 32.1. The summed E-state index contributed by atoms with van der Waals surface area (Å²) in [6.07, 6.45) is -3.01. The average Bonchev–Trinajstić information content (AvgIpc) is 3.39. The highest BCUT2D eigenvalue weighted by molar-refractivity contribution is 7.18. The van der Waals surface area contributed by atoms with E-state index in [1.165, 1.54) is 29.7 Å². The Bertz CT molecular complexity index is 1570. The van der Waals surface area contributed by atoms with Crippen LogP contribution >= 0.6 is 11.3 Å². The number of aromatic nitrogens is 3. The van der Waals surface area contributed by atoms with Gasteiger partial charge in [0.1, 0.15) is 21.0 Å². The van der Waals surface area contributed by atoms with E-state index >= 15 is 0 Å². The number of aliphatic hydroxyl groups is 1. The lowest BCUT2D eigenvalue weighted by atomic mass is 10.1. The maximum Gasteiger partial charge on any atom is 0.416 e. The minimum Gasteiger partial charge on any atom is -0.389 e. The molecule has 3 aromatic heterocycles. The number of carbonyl (C=O) groups excluding carboxylic acids is 1. The molecule has 0 saturated carbocycles. The third-order valence-electron chi connectivity index (χ3n) is 5.57. The number of aryl methyl sites for hydroxylation is 1. The molecule has 0 unspecified atom stereocenters. The molecule has 0 bridgehead atoms. The SMILES string of the molecule is Cc1cccc(Cn2c(C(=O)Nc3cnc4sc(CO)nc4c3)cc3cc(C(F)(F)F)ccc32)c1. The minimum absolute atomic E-state index is 0.207. The molecule has 2 N–H and O–H groups in total. The molecule has 35 heavy (non-hydrogen) atoms. The number of hydrogen-bond donors (Lipinski definition) is 2. The Labute approximate surface area is 201 Å². The first kappa shape index (κ1) is 23.0. The first-order chi connectivity index (χ1) is 16.7. The summed E-state index contributed by atoms with van der Waals surface area (Å²) in [6.45, 7) is 2.05. The minimum atomic E-state index is -4.49. The lowest BCUT2D eigenvalue weighted by Gasteiger charge is -2.12. The largest absolute Gasteiger partial charge is 0.416 e. The predicted octanol–water partition coefficient (Wildman–Crippen LogP) is 5.77. The summed E-state index contributed by atoms with van der Waals surface area (Å²) in [7, 11) is 0. The van der Waals surface area contributed by atoms with Crippen LogP contribution in [-0.4, -0.2) is 25.5 Å². The third kappa shape index (κ3) is 4.62. The lowest BCUT2D eigenvalue weighted by Crippen LogP contribution is -2.17. The summed E-state index contributed by atoms with van der Waals surface area (Å²) in [5, 5.41) is 12.9. The molecule has 10 heteroatoms. The molecule has 0 radical (unpaired) electrons. The molecule has 178 valence electrons. The molecule has 0 aliphatic carbocycles. The third-order valence-corrected chi connectivity index (χ3v) is 6.53. The van der Waals surface area contributed by atoms with Crippen LogP contribution in [0.25, 0.3) is 21.3 Å². The number of hydrogen-bond acceptors (Lipinski definition) is 5. The van der Waals surface area contributed by atoms with Crippen molar-refractivity contribution in [3.8, 4) is 0 Å². The number of thiazole rings is 1. The van der Waals surface area contributed by atoms with E-state index in [0.717, 1.165) is 23.3 Å². The van der Waals surface area contributed by atoms with Gasteiger partial charge in [0.25, 0.3) is 5.91 Å². The van der Waals surface area contributed by atoms with Crippen LogP contribution in [0.4, 0.5) is 18.9 Å². The number of nitrogens with one attached hydrogen (secondary N) is 1. The zero-order valence-electron chi connectivity index (χ0n) is 18.4. The van der Waals surface area contributed by atoms with Gasteiger partial charge in [-0.3, -0.25) is 4.79 Å². The molecule has 5 aromatic rings. The van der Waals surface area contributed by atoms with Crippen LogP contribution in [0.15, 0.2) is 60.8 Å². The number of halogens is 3. The van der Waals surface area contributed by atoms with E-state index in [1.54, 1.807) is 10.6 Å². The number of fused-ring (bicyclic) bond motifs is 2. The van der Waals surface area contributed by atoms with Gasteiger partial charge in [0.15, 0.2) is 0 Å². The van der Waals surface area contributed by atoms with Gasteiger partial charge >= 0.3 is 6.18 Å². The van der Waals surface area contributed by atoms with Crippen molar-refractivity contribution in [3.63, 3.8) is 0 Å². The van der Waals surface area contributed by atoms with E-state index in [0.29, 0.717) is 38.5 Å². The summed E-state index contributed by atoms with van der Waals surface area (Å²) >= 11 is 1.25. The van der Waals surface area contributed by atoms with Crippen LogP contribution in [-0.2, 0) is 19.3 Å². The Kier molecular flexibility index (Phi) is 5.78. The van der Waals surface area contributed by atoms with Gasteiger partial charge in [0.05, 0.1) is 24.1 Å². The highest BCUT2D eigenvalue weighted by Crippen LogP contribution is 2.33. The molecule has 3 heterocycles. The molecule has 0 aliphatic heterocycles. The van der Waals surface area contributed by atoms with E-state index in [1.807, 2.05) is 31.2 Å². The summed E-state index contributed by atoms with van der Waals surface area (Å²) in [5.41, 5.74) is 2.84. The Morgan fingerprint density at radius 2 is 1.97 bits per heavy atom. The van der Waals surface area contributed by atoms with Gasteiger partial charge in [0, 0.05) is 17.4 Å². The van der Waals surface area contributed by atoms with Gasteiger partial charge < -0.3 is 15.0 Å². The Morgan fingerprint density at radius 1 is 1.14 bits per heavy atom. The summed E-state index contributed by atoms with van der Waals surface area (Å²) < 4.78 is 41.6. The fourth-order valence-corrected chi connectivity index (χ4v) is 4.74. The van der Waals surface area contributed by atoms with Crippen LogP contribution in [0, 0.1) is 6.92 Å². The van der Waals surface area contributed by atoms with Crippen molar-refractivity contribution in [2.75, 3.05) is 5.32 Å². The summed E-state index contributed by atoms with van der Waals surface area (Å²) in [6, 6.07) is 14.3. The van der Waals surface area contributed by atoms with Crippen LogP contribution in [0.5, 0.6) is 0 Å². The number of carbonyl (C=O) groups is 1. The molecule has 0 spiro atoms. The van der Waals surface area contributed by atoms with Crippen molar-refractivity contribution in [2.24, 2.45) is 0 Å². The van der Waals surface area contributed by atoms with Crippen molar-refractivity contribution < 1.29 is 23.1 Å². The number of alkyl halides is 3. The molecule has 0 aliphatic rings. The smallest absolute Gasteiger partial charge is 0.389 e. The standard InChI is InChI=1S/C25H19F3N4O2S/c1-14-3-2-4-15(7-14)12-32-20-6-5-17(25(26,27)28)8-16(20)9-21(32)23(34)30-18-10-19-24(29-11-18)35-22(13-33)31-19/h2-11,33H,12-13H2,1H3,(H,30,34). The second-order valence-electron chi connectivity index (χ2n) is 8.14. The van der Waals surface area contributed by atoms with Gasteiger partial charge in [-0.25, -0.2) is 9.97 Å². The van der Waals surface area contributed by atoms with Gasteiger partial charge in [0.2, 0.25) is 0 Å². The van der Waals surface area contributed by atoms with Crippen LogP contribution in [0.1, 0.15) is 32.2 Å². The van der Waals surface area contributed by atoms with Gasteiger partial charge in [-0.1, -0.05) is 41.2 Å². The molecule has 1 amide bonds. The zero-order valence-corrected chi connectivity index (χ0v) is 19.2. The highest BCUT2D eigenvalue weighted by Gasteiger charge is 2.31. The molecular weight excluding hydrogens is 477 g/mol. The zero-order chi connectivity index (χ0) is 24.7. The van der Waals surface area contributed by atoms with E-state index in [2.05, 4.69) is 15.3 Å². The number of amides is 1. The second-order valence-corrected chi connectivity index (χ2v) is 9.21. The molecule has 0 saturated heterocycles. The summed E-state index contributed by atoms with van der Waals surface area (Å²) in [4.78, 5) is 22.5. The quantitative estimate of drug-likeness (QED) is 0.324. The first-order valence-corrected chi connectivity index (χ1v) is 11.5. The second kappa shape index (κ2) is 8.79. The van der Waals surface area contributed by atoms with Crippen LogP contribution in [0.3, 0.4) is 0 Å². The molecule has 6 nitrogen and oxygen atoms in total. The Morgan fingerprint density at radius 3 is 2.71 bits per heavy atom. The van der Waals surface area contributed by atoms with Crippen LogP contribution in [0.2, 0.25) is 0 Å². The van der Waals surface area contributed by atoms with E-state index in [9.17, 15) is 23.1 Å². The fourth-order valence-electron chi connectivity index (χ4n) is 4.00. The molecule has 0 fully saturated rings. The maximum absolute atomic E-state index is 13.3. The van der Waals surface area contributed by atoms with Gasteiger partial charge in [-0.15, -0.1) is 0 Å². The number of aliphatic hydroxyl groups excluding tert-OH is 1. The monoisotopic (exact) mass is 496 g/mol. The Balaban J connectivity index is 1.55. The molecule has 2 aromatic carbocycles. The predicted molar refractivity (Wildman–Crippen MR) is 129 cm³/mol. The fraction of sp³-hybridized carbons (Fsp3) is 0.160. The lowest BCUT2D eigenvalue weighted by molar-refractivity contribution is -0.137. The number of pyridine rings is 1. The molecule has 0 atom stereocenters. The molecular formula is C25H19F3N4O2S. The van der Waals surface area contributed by atoms with Crippen molar-refractivity contribution in [3.05, 3.63) is 88.2 Å². The van der Waals surface area contributed by atoms with Crippen molar-refractivity contribution >= 4 is 44.2 Å². The van der Waals surface area contributed by atoms with Gasteiger partial charge in [-0.05, 0) is 42.8 Å². The first-order valence-electron chi connectivity index (χ1n) is 10.6. The van der Waals surface area contributed by atoms with Gasteiger partial charge in [-0.2, -0.15) is 13.2 Å². The Hall–Kier alpha value is -3.76. The number of rotatable bonds is 5. The number of benzene rings is 2. The van der Waals surface area contributed by atoms with E-state index in [-0.39, 0.29) is 12.3 Å².